The van der Waals surface area contributed by atoms with Crippen molar-refractivity contribution in [2.75, 3.05) is 0 Å². The number of nitrogens with one attached hydrogen (secondary N) is 1. The second kappa shape index (κ2) is 9.16. The van der Waals surface area contributed by atoms with E-state index in [1.165, 1.54) is 0 Å². The molecule has 1 saturated carbocycles. The number of hydrogen-bond acceptors (Lipinski definition) is 3. The Morgan fingerprint density at radius 1 is 1.15 bits per heavy atom. The summed E-state index contributed by atoms with van der Waals surface area (Å²) in [5, 5.41) is 12.1. The SMILES string of the molecule is O=C(O)CCC(Cc1ccccc1)NC(=O)N(Cc1cccnc1)C1CC1. The summed E-state index contributed by atoms with van der Waals surface area (Å²) in [4.78, 5) is 29.9. The Morgan fingerprint density at radius 3 is 2.52 bits per heavy atom. The molecule has 0 aliphatic heterocycles. The van der Waals surface area contributed by atoms with Crippen LogP contribution in [0.3, 0.4) is 0 Å². The lowest BCUT2D eigenvalue weighted by Gasteiger charge is -2.26. The highest BCUT2D eigenvalue weighted by molar-refractivity contribution is 5.75. The molecule has 2 N–H and O–H groups in total. The number of carbonyl (C=O) groups excluding carboxylic acids is 1. The number of carboxylic acids is 1. The van der Waals surface area contributed by atoms with E-state index in [1.54, 1.807) is 12.4 Å². The molecule has 1 fully saturated rings. The van der Waals surface area contributed by atoms with E-state index in [9.17, 15) is 9.59 Å². The van der Waals surface area contributed by atoms with Crippen LogP contribution < -0.4 is 5.32 Å². The van der Waals surface area contributed by atoms with Crippen molar-refractivity contribution in [3.63, 3.8) is 0 Å². The molecule has 0 saturated heterocycles. The fourth-order valence-electron chi connectivity index (χ4n) is 3.12. The first kappa shape index (κ1) is 18.9. The standard InChI is InChI=1S/C21H25N3O3/c25-20(26)11-8-18(13-16-5-2-1-3-6-16)23-21(27)24(19-9-10-19)15-17-7-4-12-22-14-17/h1-7,12,14,18-19H,8-11,13,15H2,(H,23,27)(H,25,26). The molecule has 1 aromatic heterocycles. The van der Waals surface area contributed by atoms with Crippen LogP contribution in [0.2, 0.25) is 0 Å². The molecule has 6 nitrogen and oxygen atoms in total. The van der Waals surface area contributed by atoms with E-state index in [1.807, 2.05) is 47.4 Å². The Kier molecular flexibility index (Phi) is 6.41. The van der Waals surface area contributed by atoms with Crippen LogP contribution in [0, 0.1) is 0 Å². The van der Waals surface area contributed by atoms with Crippen LogP contribution in [0.5, 0.6) is 0 Å². The Labute approximate surface area is 159 Å². The van der Waals surface area contributed by atoms with Gasteiger partial charge in [-0.2, -0.15) is 0 Å². The highest BCUT2D eigenvalue weighted by atomic mass is 16.4. The number of nitrogens with zero attached hydrogens (tertiary/aromatic N) is 2. The smallest absolute Gasteiger partial charge is 0.318 e. The number of carboxylic acid groups (broad SMARTS) is 1. The van der Waals surface area contributed by atoms with E-state index >= 15 is 0 Å². The van der Waals surface area contributed by atoms with Crippen LogP contribution >= 0.6 is 0 Å². The summed E-state index contributed by atoms with van der Waals surface area (Å²) in [6.45, 7) is 0.515. The molecule has 1 aromatic carbocycles. The van der Waals surface area contributed by atoms with Gasteiger partial charge in [-0.05, 0) is 42.9 Å². The summed E-state index contributed by atoms with van der Waals surface area (Å²) in [5.41, 5.74) is 2.07. The van der Waals surface area contributed by atoms with Gasteiger partial charge in [0.05, 0.1) is 0 Å². The maximum absolute atomic E-state index is 12.9. The summed E-state index contributed by atoms with van der Waals surface area (Å²) in [6, 6.07) is 13.6. The Balaban J connectivity index is 1.66. The van der Waals surface area contributed by atoms with Crippen molar-refractivity contribution in [3.8, 4) is 0 Å². The van der Waals surface area contributed by atoms with Gasteiger partial charge in [0.1, 0.15) is 0 Å². The maximum Gasteiger partial charge on any atom is 0.318 e. The average molecular weight is 367 g/mol. The van der Waals surface area contributed by atoms with Crippen LogP contribution in [-0.2, 0) is 17.8 Å². The van der Waals surface area contributed by atoms with Gasteiger partial charge >= 0.3 is 12.0 Å². The van der Waals surface area contributed by atoms with E-state index in [0.29, 0.717) is 19.4 Å². The Hall–Kier alpha value is -2.89. The number of hydrogen-bond donors (Lipinski definition) is 2. The van der Waals surface area contributed by atoms with E-state index in [0.717, 1.165) is 24.0 Å². The molecule has 142 valence electrons. The highest BCUT2D eigenvalue weighted by Gasteiger charge is 2.33. The largest absolute Gasteiger partial charge is 0.481 e. The molecule has 0 bridgehead atoms. The number of aliphatic carboxylic acids is 1. The maximum atomic E-state index is 12.9. The van der Waals surface area contributed by atoms with Crippen molar-refractivity contribution in [3.05, 3.63) is 66.0 Å². The zero-order valence-electron chi connectivity index (χ0n) is 15.3. The third-order valence-electron chi connectivity index (χ3n) is 4.68. The zero-order valence-corrected chi connectivity index (χ0v) is 15.3. The van der Waals surface area contributed by atoms with E-state index in [2.05, 4.69) is 10.3 Å². The van der Waals surface area contributed by atoms with Crippen molar-refractivity contribution in [1.29, 1.82) is 0 Å². The number of urea groups is 1. The third-order valence-corrected chi connectivity index (χ3v) is 4.68. The van der Waals surface area contributed by atoms with Gasteiger partial charge < -0.3 is 15.3 Å². The van der Waals surface area contributed by atoms with Gasteiger partial charge in [-0.3, -0.25) is 9.78 Å². The van der Waals surface area contributed by atoms with Crippen molar-refractivity contribution in [2.24, 2.45) is 0 Å². The number of benzene rings is 1. The van der Waals surface area contributed by atoms with Crippen LogP contribution in [0.15, 0.2) is 54.9 Å². The van der Waals surface area contributed by atoms with Gasteiger partial charge in [0.15, 0.2) is 0 Å². The van der Waals surface area contributed by atoms with Crippen molar-refractivity contribution in [1.82, 2.24) is 15.2 Å². The Morgan fingerprint density at radius 2 is 1.89 bits per heavy atom. The van der Waals surface area contributed by atoms with Crippen LogP contribution in [-0.4, -0.2) is 39.1 Å². The normalized spacial score (nSPS) is 14.4. The lowest BCUT2D eigenvalue weighted by molar-refractivity contribution is -0.137. The number of aromatic nitrogens is 1. The highest BCUT2D eigenvalue weighted by Crippen LogP contribution is 2.28. The molecule has 1 aliphatic carbocycles. The number of rotatable bonds is 9. The molecule has 1 unspecified atom stereocenters. The number of carbonyl (C=O) groups is 2. The Bertz CT molecular complexity index is 748. The summed E-state index contributed by atoms with van der Waals surface area (Å²) in [6.07, 6.45) is 6.55. The summed E-state index contributed by atoms with van der Waals surface area (Å²) >= 11 is 0. The molecule has 27 heavy (non-hydrogen) atoms. The molecule has 6 heteroatoms. The fraction of sp³-hybridized carbons (Fsp3) is 0.381. The molecule has 0 radical (unpaired) electrons. The number of amides is 2. The minimum absolute atomic E-state index is 0.0316. The minimum atomic E-state index is -0.850. The van der Waals surface area contributed by atoms with Gasteiger partial charge in [-0.1, -0.05) is 36.4 Å². The average Bonchev–Trinajstić information content (AvgIpc) is 3.51. The molecular formula is C21H25N3O3. The summed E-state index contributed by atoms with van der Waals surface area (Å²) in [7, 11) is 0. The van der Waals surface area contributed by atoms with Gasteiger partial charge in [-0.25, -0.2) is 4.79 Å². The van der Waals surface area contributed by atoms with Crippen LogP contribution in [0.1, 0.15) is 36.8 Å². The van der Waals surface area contributed by atoms with E-state index in [4.69, 9.17) is 5.11 Å². The molecular weight excluding hydrogens is 342 g/mol. The molecule has 1 heterocycles. The van der Waals surface area contributed by atoms with Crippen molar-refractivity contribution >= 4 is 12.0 Å². The molecule has 1 atom stereocenters. The molecule has 2 aromatic rings. The molecule has 0 spiro atoms. The lowest BCUT2D eigenvalue weighted by atomic mass is 10.0. The van der Waals surface area contributed by atoms with Crippen molar-refractivity contribution in [2.45, 2.75) is 50.7 Å². The van der Waals surface area contributed by atoms with Crippen molar-refractivity contribution < 1.29 is 14.7 Å². The monoisotopic (exact) mass is 367 g/mol. The van der Waals surface area contributed by atoms with Gasteiger partial charge in [0.25, 0.3) is 0 Å². The second-order valence-corrected chi connectivity index (χ2v) is 6.99. The van der Waals surface area contributed by atoms with Gasteiger partial charge in [0, 0.05) is 37.4 Å². The molecule has 3 rings (SSSR count). The predicted molar refractivity (Wildman–Crippen MR) is 102 cm³/mol. The minimum Gasteiger partial charge on any atom is -0.481 e. The van der Waals surface area contributed by atoms with Gasteiger partial charge in [0.2, 0.25) is 0 Å². The number of pyridine rings is 1. The molecule has 1 aliphatic rings. The lowest BCUT2D eigenvalue weighted by Crippen LogP contribution is -2.46. The topological polar surface area (TPSA) is 82.5 Å². The first-order chi connectivity index (χ1) is 13.1. The fourth-order valence-corrected chi connectivity index (χ4v) is 3.12. The van der Waals surface area contributed by atoms with Crippen LogP contribution in [0.25, 0.3) is 0 Å². The van der Waals surface area contributed by atoms with Crippen LogP contribution in [0.4, 0.5) is 4.79 Å². The quantitative estimate of drug-likeness (QED) is 0.713. The predicted octanol–water partition coefficient (Wildman–Crippen LogP) is 3.23. The third kappa shape index (κ3) is 6.09. The van der Waals surface area contributed by atoms with E-state index < -0.39 is 5.97 Å². The first-order valence-corrected chi connectivity index (χ1v) is 9.33. The summed E-state index contributed by atoms with van der Waals surface area (Å²) in [5.74, 6) is -0.850. The first-order valence-electron chi connectivity index (χ1n) is 9.33. The zero-order chi connectivity index (χ0) is 19.1. The van der Waals surface area contributed by atoms with E-state index in [-0.39, 0.29) is 24.5 Å². The molecule has 2 amide bonds. The second-order valence-electron chi connectivity index (χ2n) is 6.99. The van der Waals surface area contributed by atoms with Gasteiger partial charge in [-0.15, -0.1) is 0 Å². The summed E-state index contributed by atoms with van der Waals surface area (Å²) < 4.78 is 0.